The molecule has 0 aliphatic heterocycles. The number of thioether (sulfide) groups is 1. The number of hydrogen-bond acceptors (Lipinski definition) is 5. The molecule has 0 radical (unpaired) electrons. The summed E-state index contributed by atoms with van der Waals surface area (Å²) in [5, 5.41) is 10.3. The fourth-order valence-corrected chi connectivity index (χ4v) is 8.40. The van der Waals surface area contributed by atoms with Gasteiger partial charge in [-0.25, -0.2) is 4.79 Å². The first kappa shape index (κ1) is 26.7. The Hall–Kier alpha value is -1.87. The maximum atomic E-state index is 13.8. The molecule has 0 aliphatic carbocycles. The van der Waals surface area contributed by atoms with Crippen LogP contribution in [-0.2, 0) is 20.0 Å². The molecule has 2 aromatic carbocycles. The van der Waals surface area contributed by atoms with Crippen LogP contribution in [-0.4, -0.2) is 40.3 Å². The van der Waals surface area contributed by atoms with Gasteiger partial charge in [-0.2, -0.15) is 0 Å². The van der Waals surface area contributed by atoms with Crippen molar-refractivity contribution in [2.75, 3.05) is 19.7 Å². The predicted octanol–water partition coefficient (Wildman–Crippen LogP) is 6.54. The molecule has 3 rings (SSSR count). The molecule has 0 fully saturated rings. The van der Waals surface area contributed by atoms with E-state index in [2.05, 4.69) is 50.2 Å². The highest BCUT2D eigenvalue weighted by molar-refractivity contribution is 8.00. The molecular weight excluding hydrogens is 486 g/mol. The van der Waals surface area contributed by atoms with E-state index in [0.29, 0.717) is 5.75 Å². The minimum Gasteiger partial charge on any atom is -0.482 e. The van der Waals surface area contributed by atoms with Crippen molar-refractivity contribution in [3.8, 4) is 5.75 Å². The lowest BCUT2D eigenvalue weighted by Crippen LogP contribution is -2.33. The number of hydrogen-bond donors (Lipinski definition) is 1. The zero-order valence-electron chi connectivity index (χ0n) is 20.5. The highest BCUT2D eigenvalue weighted by atomic mass is 32.2. The van der Waals surface area contributed by atoms with E-state index < -0.39 is 17.0 Å². The second-order valence-corrected chi connectivity index (χ2v) is 12.8. The summed E-state index contributed by atoms with van der Waals surface area (Å²) in [4.78, 5) is 11.9. The Morgan fingerprint density at radius 3 is 2.59 bits per heavy atom. The molecule has 8 heteroatoms. The van der Waals surface area contributed by atoms with E-state index >= 15 is 0 Å². The average Bonchev–Trinajstić information content (AvgIpc) is 3.12. The van der Waals surface area contributed by atoms with Gasteiger partial charge in [-0.3, -0.25) is 0 Å². The van der Waals surface area contributed by atoms with E-state index in [1.807, 2.05) is 25.1 Å². The Labute approximate surface area is 213 Å². The number of thiophene rings is 1. The SMILES string of the molecule is CCCN(CC(CC)Sc1ccc(OCC(=O)O)c(C)c1)[SH+](=O)c1sc2ccc(C)cc2c1C. The average molecular weight is 521 g/mol. The first-order valence-corrected chi connectivity index (χ1v) is 14.5. The van der Waals surface area contributed by atoms with Crippen LogP contribution in [0.15, 0.2) is 45.5 Å². The highest BCUT2D eigenvalue weighted by Gasteiger charge is 2.28. The van der Waals surface area contributed by atoms with Crippen molar-refractivity contribution in [3.05, 3.63) is 53.1 Å². The molecule has 34 heavy (non-hydrogen) atoms. The lowest BCUT2D eigenvalue weighted by atomic mass is 10.1. The third-order valence-corrected chi connectivity index (χ3v) is 10.4. The lowest BCUT2D eigenvalue weighted by Gasteiger charge is -2.21. The van der Waals surface area contributed by atoms with E-state index in [9.17, 15) is 9.00 Å². The Bertz CT molecular complexity index is 1170. The van der Waals surface area contributed by atoms with E-state index in [4.69, 9.17) is 9.84 Å². The van der Waals surface area contributed by atoms with Crippen molar-refractivity contribution in [1.29, 1.82) is 0 Å². The maximum Gasteiger partial charge on any atom is 0.341 e. The summed E-state index contributed by atoms with van der Waals surface area (Å²) in [5.74, 6) is -0.399. The number of aliphatic carboxylic acids is 1. The molecule has 2 unspecified atom stereocenters. The molecular formula is C26H34NO4S3+. The number of rotatable bonds is 12. The Kier molecular flexibility index (Phi) is 9.59. The van der Waals surface area contributed by atoms with Gasteiger partial charge in [-0.05, 0) is 63.4 Å². The minimum atomic E-state index is -1.64. The molecule has 3 aromatic rings. The van der Waals surface area contributed by atoms with Crippen LogP contribution in [0.1, 0.15) is 43.4 Å². The number of carbonyl (C=O) groups is 1. The van der Waals surface area contributed by atoms with Crippen LogP contribution in [0.2, 0.25) is 0 Å². The van der Waals surface area contributed by atoms with Crippen molar-refractivity contribution in [3.63, 3.8) is 0 Å². The van der Waals surface area contributed by atoms with Gasteiger partial charge in [0, 0.05) is 32.3 Å². The number of carboxylic acids is 1. The highest BCUT2D eigenvalue weighted by Crippen LogP contribution is 2.36. The van der Waals surface area contributed by atoms with Crippen molar-refractivity contribution < 1.29 is 18.8 Å². The quantitative estimate of drug-likeness (QED) is 0.167. The van der Waals surface area contributed by atoms with E-state index in [1.165, 1.54) is 15.6 Å². The standard InChI is InChI=1S/C26H33NO4S3/c1-6-12-27(34(30)26-19(5)22-13-17(3)8-11-24(22)33-26)15-20(7-2)32-21-9-10-23(18(4)14-21)31-16-25(28)29/h8-11,13-14,20H,6-7,12,15-16H2,1-5H3,(H,28,29)/p+1. The maximum absolute atomic E-state index is 13.8. The summed E-state index contributed by atoms with van der Waals surface area (Å²) in [6, 6.07) is 12.3. The molecule has 5 nitrogen and oxygen atoms in total. The monoisotopic (exact) mass is 520 g/mol. The summed E-state index contributed by atoms with van der Waals surface area (Å²) in [6.07, 6.45) is 1.90. The fraction of sp³-hybridized carbons (Fsp3) is 0.423. The van der Waals surface area contributed by atoms with Gasteiger partial charge < -0.3 is 9.84 Å². The number of ether oxygens (including phenoxy) is 1. The first-order valence-electron chi connectivity index (χ1n) is 11.6. The van der Waals surface area contributed by atoms with Gasteiger partial charge in [-0.15, -0.1) is 16.1 Å². The van der Waals surface area contributed by atoms with E-state index in [-0.39, 0.29) is 11.9 Å². The summed E-state index contributed by atoms with van der Waals surface area (Å²) in [6.45, 7) is 11.6. The van der Waals surface area contributed by atoms with Crippen molar-refractivity contribution in [2.45, 2.75) is 61.8 Å². The number of fused-ring (bicyclic) bond motifs is 1. The lowest BCUT2D eigenvalue weighted by molar-refractivity contribution is -0.139. The van der Waals surface area contributed by atoms with E-state index in [1.54, 1.807) is 23.1 Å². The number of thiol groups is 1. The largest absolute Gasteiger partial charge is 0.482 e. The molecule has 0 saturated heterocycles. The van der Waals surface area contributed by atoms with Gasteiger partial charge in [0.25, 0.3) is 0 Å². The molecule has 2 atom stereocenters. The van der Waals surface area contributed by atoms with Crippen LogP contribution >= 0.6 is 23.1 Å². The van der Waals surface area contributed by atoms with Crippen LogP contribution in [0.25, 0.3) is 10.1 Å². The molecule has 1 aromatic heterocycles. The topological polar surface area (TPSA) is 66.8 Å². The van der Waals surface area contributed by atoms with Gasteiger partial charge in [0.1, 0.15) is 5.75 Å². The first-order chi connectivity index (χ1) is 16.2. The van der Waals surface area contributed by atoms with Gasteiger partial charge in [0.05, 0.1) is 6.54 Å². The van der Waals surface area contributed by atoms with Crippen LogP contribution < -0.4 is 4.74 Å². The number of carboxylic acid groups (broad SMARTS) is 1. The molecule has 0 bridgehead atoms. The second kappa shape index (κ2) is 12.2. The second-order valence-electron chi connectivity index (χ2n) is 8.48. The summed E-state index contributed by atoms with van der Waals surface area (Å²) < 4.78 is 23.4. The van der Waals surface area contributed by atoms with Crippen LogP contribution in [0.3, 0.4) is 0 Å². The molecule has 0 aliphatic rings. The van der Waals surface area contributed by atoms with Crippen LogP contribution in [0, 0.1) is 20.8 Å². The zero-order valence-corrected chi connectivity index (χ0v) is 23.0. The third-order valence-electron chi connectivity index (χ3n) is 5.65. The van der Waals surface area contributed by atoms with Crippen molar-refractivity contribution in [1.82, 2.24) is 4.31 Å². The molecule has 1 N–H and O–H groups in total. The van der Waals surface area contributed by atoms with Crippen molar-refractivity contribution >= 4 is 50.1 Å². The van der Waals surface area contributed by atoms with E-state index in [0.717, 1.165) is 46.2 Å². The van der Waals surface area contributed by atoms with Gasteiger partial charge in [0.2, 0.25) is 4.21 Å². The molecule has 0 spiro atoms. The number of aryl methyl sites for hydroxylation is 3. The third kappa shape index (κ3) is 6.62. The number of nitrogens with zero attached hydrogens (tertiary/aromatic N) is 1. The van der Waals surface area contributed by atoms with Crippen molar-refractivity contribution in [2.24, 2.45) is 0 Å². The minimum absolute atomic E-state index is 0.285. The van der Waals surface area contributed by atoms with Gasteiger partial charge >= 0.3 is 5.97 Å². The summed E-state index contributed by atoms with van der Waals surface area (Å²) >= 11 is 3.43. The zero-order chi connectivity index (χ0) is 24.8. The summed E-state index contributed by atoms with van der Waals surface area (Å²) in [7, 11) is -1.64. The summed E-state index contributed by atoms with van der Waals surface area (Å²) in [5.41, 5.74) is 3.27. The Morgan fingerprint density at radius 2 is 1.94 bits per heavy atom. The van der Waals surface area contributed by atoms with Gasteiger partial charge in [0.15, 0.2) is 17.6 Å². The molecule has 0 saturated carbocycles. The van der Waals surface area contributed by atoms with Crippen LogP contribution in [0.5, 0.6) is 5.75 Å². The predicted molar refractivity (Wildman–Crippen MR) is 145 cm³/mol. The molecule has 184 valence electrons. The smallest absolute Gasteiger partial charge is 0.341 e. The normalized spacial score (nSPS) is 13.4. The Morgan fingerprint density at radius 1 is 1.18 bits per heavy atom. The Balaban J connectivity index is 1.76. The fourth-order valence-electron chi connectivity index (χ4n) is 3.82. The number of benzene rings is 2. The van der Waals surface area contributed by atoms with Crippen LogP contribution in [0.4, 0.5) is 0 Å². The molecule has 0 amide bonds. The van der Waals surface area contributed by atoms with Gasteiger partial charge in [-0.1, -0.05) is 47.1 Å². The molecule has 1 heterocycles.